The Morgan fingerprint density at radius 1 is 0.536 bits per heavy atom. The molecule has 0 amide bonds. The van der Waals surface area contributed by atoms with Gasteiger partial charge in [0.2, 0.25) is 0 Å². The van der Waals surface area contributed by atoms with Crippen molar-refractivity contribution in [2.24, 2.45) is 0 Å². The Labute approximate surface area is 168 Å². The summed E-state index contributed by atoms with van der Waals surface area (Å²) in [4.78, 5) is 29.0. The minimum atomic E-state index is -2.00. The molecule has 0 spiro atoms. The largest absolute Gasteiger partial charge is 3.00 e. The first-order valence-electron chi connectivity index (χ1n) is 6.81. The number of aliphatic hydroxyl groups excluding tert-OH is 9. The van der Waals surface area contributed by atoms with Crippen LogP contribution in [0.1, 0.15) is 0 Å². The number of carboxylic acids is 3. The Bertz CT molecular complexity index is 371. The molecule has 0 aromatic heterocycles. The van der Waals surface area contributed by atoms with Crippen molar-refractivity contribution < 1.29 is 93.0 Å². The second-order valence-corrected chi connectivity index (χ2v) is 4.54. The van der Waals surface area contributed by atoms with E-state index >= 15 is 0 Å². The molecule has 28 heavy (non-hydrogen) atoms. The molecule has 0 aliphatic rings. The van der Waals surface area contributed by atoms with Crippen LogP contribution in [-0.4, -0.2) is 120 Å². The molecule has 9 N–H and O–H groups in total. The van der Waals surface area contributed by atoms with Gasteiger partial charge in [0.05, 0.1) is 37.7 Å². The maximum atomic E-state index is 9.67. The molecule has 0 aliphatic carbocycles. The number of rotatable bonds is 9. The fourth-order valence-electron chi connectivity index (χ4n) is 0.771. The van der Waals surface area contributed by atoms with E-state index in [0.29, 0.717) is 0 Å². The van der Waals surface area contributed by atoms with E-state index in [9.17, 15) is 29.7 Å². The molecule has 16 heteroatoms. The van der Waals surface area contributed by atoms with E-state index in [2.05, 4.69) is 0 Å². The molecule has 15 nitrogen and oxygen atoms in total. The summed E-state index contributed by atoms with van der Waals surface area (Å²) in [6.07, 6.45) is -11.0. The Kier molecular flexibility index (Phi) is 23.1. The number of carbonyl (C=O) groups excluding carboxylic acids is 3. The van der Waals surface area contributed by atoms with Crippen LogP contribution in [0.15, 0.2) is 0 Å². The zero-order valence-corrected chi connectivity index (χ0v) is 15.2. The van der Waals surface area contributed by atoms with Gasteiger partial charge in [0, 0.05) is 0 Å². The Hall–Kier alpha value is -1.42. The zero-order valence-electron chi connectivity index (χ0n) is 14.0. The van der Waals surface area contributed by atoms with E-state index in [1.54, 1.807) is 0 Å². The molecule has 165 valence electrons. The molecule has 0 aromatic rings. The van der Waals surface area contributed by atoms with Crippen molar-refractivity contribution in [1.29, 1.82) is 0 Å². The van der Waals surface area contributed by atoms with E-state index in [0.717, 1.165) is 0 Å². The minimum Gasteiger partial charge on any atom is -0.547 e. The van der Waals surface area contributed by atoms with Crippen LogP contribution in [0.3, 0.4) is 0 Å². The quantitative estimate of drug-likeness (QED) is 0.155. The van der Waals surface area contributed by atoms with Crippen molar-refractivity contribution in [1.82, 2.24) is 0 Å². The van der Waals surface area contributed by atoms with E-state index in [1.165, 1.54) is 0 Å². The smallest absolute Gasteiger partial charge is 0.547 e. The van der Waals surface area contributed by atoms with Gasteiger partial charge in [-0.3, -0.25) is 0 Å². The molecule has 6 atom stereocenters. The van der Waals surface area contributed by atoms with E-state index < -0.39 is 74.4 Å². The Morgan fingerprint density at radius 2 is 0.679 bits per heavy atom. The van der Waals surface area contributed by atoms with Crippen LogP contribution in [0.5, 0.6) is 0 Å². The molecule has 0 aliphatic heterocycles. The fraction of sp³-hybridized carbons (Fsp3) is 0.750. The maximum absolute atomic E-state index is 9.67. The van der Waals surface area contributed by atoms with Gasteiger partial charge in [0.1, 0.15) is 36.6 Å². The summed E-state index contributed by atoms with van der Waals surface area (Å²) in [6.45, 7) is -2.39. The minimum absolute atomic E-state index is 0. The molecule has 0 unspecified atom stereocenters. The average Bonchev–Trinajstić information content (AvgIpc) is 2.64. The zero-order chi connectivity index (χ0) is 22.3. The second kappa shape index (κ2) is 18.9. The third kappa shape index (κ3) is 16.7. The van der Waals surface area contributed by atoms with Crippen LogP contribution < -0.4 is 15.3 Å². The average molecular weight is 457 g/mol. The number of hydrogen-bond acceptors (Lipinski definition) is 15. The summed E-state index contributed by atoms with van der Waals surface area (Å²) >= 11 is 0. The Morgan fingerprint density at radius 3 is 0.714 bits per heavy atom. The summed E-state index contributed by atoms with van der Waals surface area (Å²) in [5, 5.41) is 103. The number of aliphatic hydroxyl groups is 9. The first-order valence-corrected chi connectivity index (χ1v) is 6.81. The van der Waals surface area contributed by atoms with Gasteiger partial charge in [-0.05, 0) is 0 Å². The van der Waals surface area contributed by atoms with Gasteiger partial charge in [0.25, 0.3) is 0 Å². The summed E-state index contributed by atoms with van der Waals surface area (Å²) in [7, 11) is 0. The standard InChI is InChI=1S/3C4H8O5.Cr/c3*5-1-2(6)3(7)4(8)9;/h3*2-3,5-7H,1H2,(H,8,9);/q;;;+3/p-3/t3*2-,3+;/m000./s1. The number of carboxylic acid groups (broad SMARTS) is 3. The Balaban J connectivity index is -0.000000152. The van der Waals surface area contributed by atoms with E-state index in [4.69, 9.17) is 46.0 Å². The topological polar surface area (TPSA) is 302 Å². The molecular weight excluding hydrogens is 436 g/mol. The molecule has 0 fully saturated rings. The van der Waals surface area contributed by atoms with Crippen molar-refractivity contribution in [2.75, 3.05) is 19.8 Å². The molecule has 0 heterocycles. The third-order valence-electron chi connectivity index (χ3n) is 2.38. The normalized spacial score (nSPS) is 16.2. The van der Waals surface area contributed by atoms with Gasteiger partial charge < -0.3 is 75.7 Å². The molecule has 0 bridgehead atoms. The van der Waals surface area contributed by atoms with Gasteiger partial charge in [-0.25, -0.2) is 0 Å². The van der Waals surface area contributed by atoms with E-state index in [-0.39, 0.29) is 17.4 Å². The van der Waals surface area contributed by atoms with Crippen molar-refractivity contribution in [2.45, 2.75) is 36.6 Å². The monoisotopic (exact) mass is 457 g/mol. The SMILES string of the molecule is O=C([O-])[C@H](O)[C@@H](O)CO.O=C([O-])[C@H](O)[C@@H](O)CO.O=C([O-])[C@H](O)[C@@H](O)CO.[Cr+3]. The molecule has 1 radical (unpaired) electrons. The number of carbonyl (C=O) groups is 3. The molecular formula is C12H21CrO15. The van der Waals surface area contributed by atoms with Crippen LogP contribution in [0.2, 0.25) is 0 Å². The van der Waals surface area contributed by atoms with Gasteiger partial charge in [-0.1, -0.05) is 0 Å². The number of aliphatic carboxylic acids is 3. The summed E-state index contributed by atoms with van der Waals surface area (Å²) in [5.74, 6) is -5.38. The first-order chi connectivity index (χ1) is 12.3. The van der Waals surface area contributed by atoms with Gasteiger partial charge in [-0.15, -0.1) is 0 Å². The summed E-state index contributed by atoms with van der Waals surface area (Å²) < 4.78 is 0. The van der Waals surface area contributed by atoms with Gasteiger partial charge >= 0.3 is 17.4 Å². The predicted molar refractivity (Wildman–Crippen MR) is 72.3 cm³/mol. The fourth-order valence-corrected chi connectivity index (χ4v) is 0.771. The van der Waals surface area contributed by atoms with Crippen LogP contribution in [0, 0.1) is 0 Å². The maximum Gasteiger partial charge on any atom is 3.00 e. The molecule has 0 rings (SSSR count). The van der Waals surface area contributed by atoms with Gasteiger partial charge in [-0.2, -0.15) is 0 Å². The van der Waals surface area contributed by atoms with Crippen molar-refractivity contribution >= 4 is 17.9 Å². The predicted octanol–water partition coefficient (Wildman–Crippen LogP) is -10.7. The van der Waals surface area contributed by atoms with Crippen molar-refractivity contribution in [3.05, 3.63) is 0 Å². The first kappa shape index (κ1) is 34.1. The molecule has 0 saturated carbocycles. The molecule has 0 aromatic carbocycles. The summed E-state index contributed by atoms with van der Waals surface area (Å²) in [5.41, 5.74) is 0. The van der Waals surface area contributed by atoms with Crippen LogP contribution in [-0.2, 0) is 31.7 Å². The van der Waals surface area contributed by atoms with Crippen LogP contribution in [0.25, 0.3) is 0 Å². The number of hydrogen-bond donors (Lipinski definition) is 9. The molecule has 0 saturated heterocycles. The van der Waals surface area contributed by atoms with Gasteiger partial charge in [0.15, 0.2) is 0 Å². The van der Waals surface area contributed by atoms with Crippen molar-refractivity contribution in [3.8, 4) is 0 Å². The third-order valence-corrected chi connectivity index (χ3v) is 2.38. The van der Waals surface area contributed by atoms with Crippen LogP contribution >= 0.6 is 0 Å². The van der Waals surface area contributed by atoms with E-state index in [1.807, 2.05) is 0 Å². The summed E-state index contributed by atoms with van der Waals surface area (Å²) in [6, 6.07) is 0. The van der Waals surface area contributed by atoms with Crippen molar-refractivity contribution in [3.63, 3.8) is 0 Å². The van der Waals surface area contributed by atoms with Crippen LogP contribution in [0.4, 0.5) is 0 Å². The second-order valence-electron chi connectivity index (χ2n) is 4.54.